The highest BCUT2D eigenvalue weighted by Gasteiger charge is 2.35. The number of nitrogens with one attached hydrogen (secondary N) is 1. The number of aryl methyl sites for hydroxylation is 1. The zero-order chi connectivity index (χ0) is 20.8. The van der Waals surface area contributed by atoms with Crippen molar-refractivity contribution in [2.24, 2.45) is 0 Å². The minimum atomic E-state index is -3.09. The molecular weight excluding hydrogens is 396 g/mol. The Morgan fingerprint density at radius 3 is 2.72 bits per heavy atom. The maximum atomic E-state index is 12.9. The number of anilines is 2. The lowest BCUT2D eigenvalue weighted by Gasteiger charge is -2.33. The summed E-state index contributed by atoms with van der Waals surface area (Å²) < 4.78 is 31.1. The smallest absolute Gasteiger partial charge is 0.268 e. The lowest BCUT2D eigenvalue weighted by molar-refractivity contribution is -0.123. The molecule has 1 saturated heterocycles. The van der Waals surface area contributed by atoms with Crippen LogP contribution in [-0.4, -0.2) is 54.2 Å². The van der Waals surface area contributed by atoms with E-state index in [1.165, 1.54) is 11.8 Å². The lowest BCUT2D eigenvalue weighted by Crippen LogP contribution is -2.48. The summed E-state index contributed by atoms with van der Waals surface area (Å²) in [6.45, 7) is 3.31. The fraction of sp³-hybridized carbons (Fsp3) is 0.421. The van der Waals surface area contributed by atoms with E-state index in [0.717, 1.165) is 0 Å². The van der Waals surface area contributed by atoms with E-state index in [-0.39, 0.29) is 30.0 Å². The van der Waals surface area contributed by atoms with Crippen molar-refractivity contribution in [3.05, 3.63) is 36.0 Å². The number of fused-ring (bicyclic) bond motifs is 1. The summed E-state index contributed by atoms with van der Waals surface area (Å²) in [6.07, 6.45) is -0.442. The van der Waals surface area contributed by atoms with Crippen molar-refractivity contribution in [1.82, 2.24) is 9.78 Å². The second-order valence-corrected chi connectivity index (χ2v) is 9.59. The Balaban J connectivity index is 1.56. The molecule has 0 aliphatic carbocycles. The van der Waals surface area contributed by atoms with Gasteiger partial charge in [0.1, 0.15) is 11.6 Å². The molecule has 1 N–H and O–H groups in total. The van der Waals surface area contributed by atoms with Gasteiger partial charge in [0.2, 0.25) is 5.91 Å². The van der Waals surface area contributed by atoms with Gasteiger partial charge in [0.05, 0.1) is 35.5 Å². The molecule has 2 aliphatic rings. The molecule has 1 aromatic carbocycles. The van der Waals surface area contributed by atoms with Crippen molar-refractivity contribution >= 4 is 33.2 Å². The van der Waals surface area contributed by atoms with E-state index < -0.39 is 21.8 Å². The topological polar surface area (TPSA) is 111 Å². The SMILES string of the molecule is CC(=O)N1CC(C(=O)Nc2cc(C)nn2C2CCS(=O)(=O)C2)Oc2ccccc21. The number of amides is 2. The first-order valence-electron chi connectivity index (χ1n) is 9.35. The van der Waals surface area contributed by atoms with Crippen LogP contribution in [0, 0.1) is 6.92 Å². The third-order valence-electron chi connectivity index (χ3n) is 5.11. The summed E-state index contributed by atoms with van der Waals surface area (Å²) in [4.78, 5) is 26.5. The normalized spacial score (nSPS) is 22.6. The van der Waals surface area contributed by atoms with Crippen LogP contribution in [0.4, 0.5) is 11.5 Å². The van der Waals surface area contributed by atoms with Gasteiger partial charge in [0.25, 0.3) is 5.91 Å². The molecule has 0 saturated carbocycles. The van der Waals surface area contributed by atoms with Crippen LogP contribution in [0.25, 0.3) is 0 Å². The highest BCUT2D eigenvalue weighted by molar-refractivity contribution is 7.91. The fourth-order valence-electron chi connectivity index (χ4n) is 3.73. The van der Waals surface area contributed by atoms with Gasteiger partial charge in [-0.25, -0.2) is 13.1 Å². The Bertz CT molecular complexity index is 1080. The summed E-state index contributed by atoms with van der Waals surface area (Å²) in [7, 11) is -3.09. The summed E-state index contributed by atoms with van der Waals surface area (Å²) in [5.74, 6) is 0.387. The molecule has 1 aromatic heterocycles. The van der Waals surface area contributed by atoms with Crippen LogP contribution in [0.1, 0.15) is 25.1 Å². The maximum Gasteiger partial charge on any atom is 0.268 e. The number of para-hydroxylation sites is 2. The van der Waals surface area contributed by atoms with Crippen LogP contribution >= 0.6 is 0 Å². The quantitative estimate of drug-likeness (QED) is 0.805. The monoisotopic (exact) mass is 418 g/mol. The third kappa shape index (κ3) is 3.84. The first-order chi connectivity index (χ1) is 13.7. The maximum absolute atomic E-state index is 12.9. The molecular formula is C19H22N4O5S. The number of ether oxygens (including phenoxy) is 1. The Labute approximate surface area is 168 Å². The Morgan fingerprint density at radius 2 is 2.03 bits per heavy atom. The summed E-state index contributed by atoms with van der Waals surface area (Å²) >= 11 is 0. The number of carbonyl (C=O) groups is 2. The van der Waals surface area contributed by atoms with E-state index in [4.69, 9.17) is 4.74 Å². The van der Waals surface area contributed by atoms with Gasteiger partial charge in [-0.15, -0.1) is 0 Å². The zero-order valence-electron chi connectivity index (χ0n) is 16.2. The Morgan fingerprint density at radius 1 is 1.28 bits per heavy atom. The minimum Gasteiger partial charge on any atom is -0.476 e. The molecule has 0 radical (unpaired) electrons. The first kappa shape index (κ1) is 19.4. The van der Waals surface area contributed by atoms with E-state index in [1.54, 1.807) is 41.9 Å². The number of benzene rings is 1. The van der Waals surface area contributed by atoms with Crippen molar-refractivity contribution < 1.29 is 22.7 Å². The van der Waals surface area contributed by atoms with Crippen molar-refractivity contribution in [3.8, 4) is 5.75 Å². The second-order valence-electron chi connectivity index (χ2n) is 7.37. The predicted octanol–water partition coefficient (Wildman–Crippen LogP) is 1.30. The number of hydrogen-bond donors (Lipinski definition) is 1. The van der Waals surface area contributed by atoms with Crippen LogP contribution in [0.15, 0.2) is 30.3 Å². The molecule has 2 amide bonds. The zero-order valence-corrected chi connectivity index (χ0v) is 17.0. The number of rotatable bonds is 3. The number of hydrogen-bond acceptors (Lipinski definition) is 6. The van der Waals surface area contributed by atoms with E-state index in [2.05, 4.69) is 10.4 Å². The molecule has 154 valence electrons. The highest BCUT2D eigenvalue weighted by Crippen LogP contribution is 2.33. The summed E-state index contributed by atoms with van der Waals surface area (Å²) in [6, 6.07) is 8.44. The van der Waals surface area contributed by atoms with Gasteiger partial charge < -0.3 is 15.0 Å². The van der Waals surface area contributed by atoms with Crippen molar-refractivity contribution in [3.63, 3.8) is 0 Å². The largest absolute Gasteiger partial charge is 0.476 e. The average Bonchev–Trinajstić information content (AvgIpc) is 3.21. The number of sulfone groups is 1. The first-order valence-corrected chi connectivity index (χ1v) is 11.2. The summed E-state index contributed by atoms with van der Waals surface area (Å²) in [5, 5.41) is 7.17. The van der Waals surface area contributed by atoms with Crippen molar-refractivity contribution in [1.29, 1.82) is 0 Å². The van der Waals surface area contributed by atoms with Gasteiger partial charge in [-0.05, 0) is 25.5 Å². The van der Waals surface area contributed by atoms with Gasteiger partial charge in [-0.1, -0.05) is 12.1 Å². The Kier molecular flexibility index (Phi) is 4.81. The van der Waals surface area contributed by atoms with Crippen LogP contribution in [-0.2, 0) is 19.4 Å². The minimum absolute atomic E-state index is 0.00239. The second kappa shape index (κ2) is 7.18. The van der Waals surface area contributed by atoms with Gasteiger partial charge in [-0.2, -0.15) is 5.10 Å². The van der Waals surface area contributed by atoms with Crippen LogP contribution in [0.2, 0.25) is 0 Å². The molecule has 10 heteroatoms. The fourth-order valence-corrected chi connectivity index (χ4v) is 5.42. The van der Waals surface area contributed by atoms with E-state index in [1.807, 2.05) is 0 Å². The molecule has 4 rings (SSSR count). The Hall–Kier alpha value is -2.88. The molecule has 0 bridgehead atoms. The standard InChI is InChI=1S/C19H22N4O5S/c1-12-9-18(23(21-12)14-7-8-29(26,27)11-14)20-19(25)17-10-22(13(2)24)15-5-3-4-6-16(15)28-17/h3-6,9,14,17H,7-8,10-11H2,1-2H3,(H,20,25). The number of aromatic nitrogens is 2. The van der Waals surface area contributed by atoms with E-state index in [9.17, 15) is 18.0 Å². The van der Waals surface area contributed by atoms with E-state index >= 15 is 0 Å². The molecule has 29 heavy (non-hydrogen) atoms. The van der Waals surface area contributed by atoms with E-state index in [0.29, 0.717) is 29.4 Å². The van der Waals surface area contributed by atoms with Gasteiger partial charge in [-0.3, -0.25) is 9.59 Å². The van der Waals surface area contributed by atoms with Crippen LogP contribution < -0.4 is 15.0 Å². The lowest BCUT2D eigenvalue weighted by atomic mass is 10.1. The van der Waals surface area contributed by atoms with Gasteiger partial charge in [0, 0.05) is 13.0 Å². The predicted molar refractivity (Wildman–Crippen MR) is 107 cm³/mol. The van der Waals surface area contributed by atoms with Gasteiger partial charge in [0.15, 0.2) is 15.9 Å². The molecule has 2 atom stereocenters. The average molecular weight is 418 g/mol. The van der Waals surface area contributed by atoms with Gasteiger partial charge >= 0.3 is 0 Å². The number of nitrogens with zero attached hydrogens (tertiary/aromatic N) is 3. The molecule has 2 aliphatic heterocycles. The van der Waals surface area contributed by atoms with Crippen LogP contribution in [0.5, 0.6) is 5.75 Å². The van der Waals surface area contributed by atoms with Crippen molar-refractivity contribution in [2.75, 3.05) is 28.3 Å². The molecule has 0 spiro atoms. The molecule has 1 fully saturated rings. The number of carbonyl (C=O) groups excluding carboxylic acids is 2. The molecule has 9 nitrogen and oxygen atoms in total. The summed E-state index contributed by atoms with van der Waals surface area (Å²) in [5.41, 5.74) is 1.30. The molecule has 2 unspecified atom stereocenters. The highest BCUT2D eigenvalue weighted by atomic mass is 32.2. The molecule has 2 aromatic rings. The third-order valence-corrected chi connectivity index (χ3v) is 6.86. The van der Waals surface area contributed by atoms with Crippen LogP contribution in [0.3, 0.4) is 0 Å². The molecule has 3 heterocycles. The van der Waals surface area contributed by atoms with Crippen molar-refractivity contribution in [2.45, 2.75) is 32.4 Å².